The number of hydrogen-bond acceptors (Lipinski definition) is 2. The van der Waals surface area contributed by atoms with E-state index in [4.69, 9.17) is 0 Å². The number of halogens is 1. The van der Waals surface area contributed by atoms with Gasteiger partial charge >= 0.3 is 0 Å². The first kappa shape index (κ1) is 14.7. The molecule has 4 heteroatoms. The second-order valence-corrected chi connectivity index (χ2v) is 4.85. The van der Waals surface area contributed by atoms with Crippen molar-refractivity contribution in [2.75, 3.05) is 6.54 Å². The highest BCUT2D eigenvalue weighted by Crippen LogP contribution is 2.11. The standard InChI is InChI=1S/C19H13FN2O/c20-16-9-3-1-6-14(16)8-5-13-21-19(23)18-12-11-15-7-2-4-10-17(15)22-18/h1-4,6-7,9-12H,13H2,(H,21,23). The van der Waals surface area contributed by atoms with Crippen LogP contribution in [0.15, 0.2) is 60.7 Å². The first-order valence-electron chi connectivity index (χ1n) is 7.11. The van der Waals surface area contributed by atoms with Gasteiger partial charge in [-0.1, -0.05) is 48.2 Å². The normalized spacial score (nSPS) is 9.96. The lowest BCUT2D eigenvalue weighted by Gasteiger charge is -2.02. The highest BCUT2D eigenvalue weighted by molar-refractivity contribution is 5.94. The van der Waals surface area contributed by atoms with Gasteiger partial charge in [-0.3, -0.25) is 4.79 Å². The molecule has 0 bridgehead atoms. The Balaban J connectivity index is 1.66. The lowest BCUT2D eigenvalue weighted by Crippen LogP contribution is -2.24. The van der Waals surface area contributed by atoms with Crippen molar-refractivity contribution < 1.29 is 9.18 Å². The number of aromatic nitrogens is 1. The summed E-state index contributed by atoms with van der Waals surface area (Å²) < 4.78 is 13.4. The summed E-state index contributed by atoms with van der Waals surface area (Å²) >= 11 is 0. The maximum absolute atomic E-state index is 13.4. The Bertz CT molecular complexity index is 925. The molecule has 0 saturated carbocycles. The molecule has 2 aromatic carbocycles. The molecule has 0 fully saturated rings. The second-order valence-electron chi connectivity index (χ2n) is 4.85. The minimum Gasteiger partial charge on any atom is -0.340 e. The lowest BCUT2D eigenvalue weighted by molar-refractivity contribution is 0.0954. The molecule has 3 aromatic rings. The van der Waals surface area contributed by atoms with Crippen LogP contribution < -0.4 is 5.32 Å². The van der Waals surface area contributed by atoms with Gasteiger partial charge < -0.3 is 5.32 Å². The molecule has 23 heavy (non-hydrogen) atoms. The van der Waals surface area contributed by atoms with Crippen LogP contribution in [0.3, 0.4) is 0 Å². The van der Waals surface area contributed by atoms with Crippen LogP contribution in [0.2, 0.25) is 0 Å². The summed E-state index contributed by atoms with van der Waals surface area (Å²) in [5.41, 5.74) is 1.40. The van der Waals surface area contributed by atoms with Crippen molar-refractivity contribution in [1.29, 1.82) is 0 Å². The van der Waals surface area contributed by atoms with E-state index < -0.39 is 0 Å². The van der Waals surface area contributed by atoms with Gasteiger partial charge in [0.25, 0.3) is 5.91 Å². The monoisotopic (exact) mass is 304 g/mol. The summed E-state index contributed by atoms with van der Waals surface area (Å²) in [6, 6.07) is 17.4. The van der Waals surface area contributed by atoms with Crippen molar-refractivity contribution in [2.45, 2.75) is 0 Å². The van der Waals surface area contributed by atoms with E-state index in [1.54, 1.807) is 24.3 Å². The molecule has 1 amide bonds. The van der Waals surface area contributed by atoms with E-state index in [1.807, 2.05) is 30.3 Å². The summed E-state index contributed by atoms with van der Waals surface area (Å²) in [6.07, 6.45) is 0. The molecule has 1 aromatic heterocycles. The third-order valence-corrected chi connectivity index (χ3v) is 3.27. The fourth-order valence-electron chi connectivity index (χ4n) is 2.11. The zero-order chi connectivity index (χ0) is 16.1. The van der Waals surface area contributed by atoms with Crippen LogP contribution >= 0.6 is 0 Å². The van der Waals surface area contributed by atoms with Gasteiger partial charge in [-0.15, -0.1) is 0 Å². The van der Waals surface area contributed by atoms with Gasteiger partial charge in [0, 0.05) is 5.39 Å². The molecule has 0 aliphatic carbocycles. The Hall–Kier alpha value is -3.19. The van der Waals surface area contributed by atoms with Crippen LogP contribution in [0.1, 0.15) is 16.1 Å². The molecule has 0 spiro atoms. The number of carbonyl (C=O) groups is 1. The van der Waals surface area contributed by atoms with E-state index in [-0.39, 0.29) is 18.3 Å². The van der Waals surface area contributed by atoms with Crippen molar-refractivity contribution >= 4 is 16.8 Å². The fourth-order valence-corrected chi connectivity index (χ4v) is 2.11. The summed E-state index contributed by atoms with van der Waals surface area (Å²) in [4.78, 5) is 16.4. The third-order valence-electron chi connectivity index (χ3n) is 3.27. The average Bonchev–Trinajstić information content (AvgIpc) is 2.59. The van der Waals surface area contributed by atoms with Crippen LogP contribution in [0.4, 0.5) is 4.39 Å². The predicted octanol–water partition coefficient (Wildman–Crippen LogP) is 3.16. The lowest BCUT2D eigenvalue weighted by atomic mass is 10.2. The molecule has 0 unspecified atom stereocenters. The van der Waals surface area contributed by atoms with E-state index in [9.17, 15) is 9.18 Å². The topological polar surface area (TPSA) is 42.0 Å². The van der Waals surface area contributed by atoms with Gasteiger partial charge in [-0.2, -0.15) is 0 Å². The largest absolute Gasteiger partial charge is 0.340 e. The second kappa shape index (κ2) is 6.71. The number of nitrogens with zero attached hydrogens (tertiary/aromatic N) is 1. The summed E-state index contributed by atoms with van der Waals surface area (Å²) in [5, 5.41) is 3.63. The Labute approximate surface area is 133 Å². The molecule has 0 aliphatic rings. The minimum absolute atomic E-state index is 0.127. The molecule has 1 heterocycles. The predicted molar refractivity (Wildman–Crippen MR) is 87.4 cm³/mol. The van der Waals surface area contributed by atoms with Gasteiger partial charge in [0.1, 0.15) is 11.5 Å². The highest BCUT2D eigenvalue weighted by atomic mass is 19.1. The van der Waals surface area contributed by atoms with Gasteiger partial charge in [0.05, 0.1) is 17.6 Å². The van der Waals surface area contributed by atoms with Crippen molar-refractivity contribution in [3.63, 3.8) is 0 Å². The number of benzene rings is 2. The first-order chi connectivity index (χ1) is 11.2. The van der Waals surface area contributed by atoms with Crippen LogP contribution in [-0.4, -0.2) is 17.4 Å². The van der Waals surface area contributed by atoms with Gasteiger partial charge in [0.15, 0.2) is 0 Å². The minimum atomic E-state index is -0.373. The molecule has 1 N–H and O–H groups in total. The highest BCUT2D eigenvalue weighted by Gasteiger charge is 2.06. The van der Waals surface area contributed by atoms with Gasteiger partial charge in [-0.05, 0) is 24.3 Å². The Morgan fingerprint density at radius 1 is 1.04 bits per heavy atom. The molecule has 0 radical (unpaired) electrons. The molecule has 3 rings (SSSR count). The van der Waals surface area contributed by atoms with E-state index in [2.05, 4.69) is 22.1 Å². The fraction of sp³-hybridized carbons (Fsp3) is 0.0526. The molecule has 3 nitrogen and oxygen atoms in total. The molecular weight excluding hydrogens is 291 g/mol. The average molecular weight is 304 g/mol. The quantitative estimate of drug-likeness (QED) is 0.739. The maximum Gasteiger partial charge on any atom is 0.270 e. The number of fused-ring (bicyclic) bond motifs is 1. The molecule has 0 aliphatic heterocycles. The number of rotatable bonds is 2. The number of nitrogens with one attached hydrogen (secondary N) is 1. The van der Waals surface area contributed by atoms with Crippen LogP contribution in [-0.2, 0) is 0 Å². The molecule has 0 atom stereocenters. The first-order valence-corrected chi connectivity index (χ1v) is 7.11. The van der Waals surface area contributed by atoms with Crippen molar-refractivity contribution in [3.05, 3.63) is 77.7 Å². The van der Waals surface area contributed by atoms with Crippen molar-refractivity contribution in [1.82, 2.24) is 10.3 Å². The van der Waals surface area contributed by atoms with Crippen molar-refractivity contribution in [3.8, 4) is 11.8 Å². The van der Waals surface area contributed by atoms with E-state index in [0.29, 0.717) is 11.3 Å². The Morgan fingerprint density at radius 2 is 1.83 bits per heavy atom. The molecule has 112 valence electrons. The Kier molecular flexibility index (Phi) is 4.30. The zero-order valence-corrected chi connectivity index (χ0v) is 12.2. The number of para-hydroxylation sites is 1. The maximum atomic E-state index is 13.4. The van der Waals surface area contributed by atoms with E-state index >= 15 is 0 Å². The molecular formula is C19H13FN2O. The zero-order valence-electron chi connectivity index (χ0n) is 12.2. The summed E-state index contributed by atoms with van der Waals surface area (Å²) in [6.45, 7) is 0.127. The van der Waals surface area contributed by atoms with E-state index in [0.717, 1.165) is 10.9 Å². The smallest absolute Gasteiger partial charge is 0.270 e. The number of carbonyl (C=O) groups excluding carboxylic acids is 1. The van der Waals surface area contributed by atoms with Crippen LogP contribution in [0.25, 0.3) is 10.9 Å². The van der Waals surface area contributed by atoms with Crippen molar-refractivity contribution in [2.24, 2.45) is 0 Å². The van der Waals surface area contributed by atoms with E-state index in [1.165, 1.54) is 6.07 Å². The summed E-state index contributed by atoms with van der Waals surface area (Å²) in [7, 11) is 0. The van der Waals surface area contributed by atoms with Gasteiger partial charge in [-0.25, -0.2) is 9.37 Å². The summed E-state index contributed by atoms with van der Waals surface area (Å²) in [5.74, 6) is 4.74. The number of amides is 1. The number of pyridine rings is 1. The Morgan fingerprint density at radius 3 is 2.70 bits per heavy atom. The van der Waals surface area contributed by atoms with Crippen LogP contribution in [0, 0.1) is 17.7 Å². The van der Waals surface area contributed by atoms with Gasteiger partial charge in [0.2, 0.25) is 0 Å². The molecule has 0 saturated heterocycles. The SMILES string of the molecule is O=C(NCC#Cc1ccccc1F)c1ccc2ccccc2n1. The van der Waals surface area contributed by atoms with Crippen LogP contribution in [0.5, 0.6) is 0 Å². The third kappa shape index (κ3) is 3.53. The number of hydrogen-bond donors (Lipinski definition) is 1.